The van der Waals surface area contributed by atoms with E-state index < -0.39 is 42.3 Å². The molecule has 0 saturated carbocycles. The fourth-order valence-electron chi connectivity index (χ4n) is 1.37. The summed E-state index contributed by atoms with van der Waals surface area (Å²) in [5.74, 6) is -4.88. The Kier molecular flexibility index (Phi) is 4.82. The number of hydrogen-bond donors (Lipinski definition) is 2. The van der Waals surface area contributed by atoms with Crippen molar-refractivity contribution in [1.82, 2.24) is 4.90 Å². The van der Waals surface area contributed by atoms with Crippen LogP contribution in [-0.2, 0) is 9.59 Å². The number of halogens is 2. The van der Waals surface area contributed by atoms with Crippen molar-refractivity contribution in [3.8, 4) is 0 Å². The van der Waals surface area contributed by atoms with Crippen molar-refractivity contribution in [2.24, 2.45) is 0 Å². The molecule has 0 aromatic heterocycles. The van der Waals surface area contributed by atoms with E-state index in [1.165, 1.54) is 12.1 Å². The van der Waals surface area contributed by atoms with E-state index in [1.807, 2.05) is 0 Å². The summed E-state index contributed by atoms with van der Waals surface area (Å²) in [7, 11) is 0. The number of amides is 1. The summed E-state index contributed by atoms with van der Waals surface area (Å²) in [6.45, 7) is -1.70. The Morgan fingerprint density at radius 3 is 2.16 bits per heavy atom. The molecule has 2 N–H and O–H groups in total. The smallest absolute Gasteiger partial charge is 0.323 e. The highest BCUT2D eigenvalue weighted by Gasteiger charge is 2.24. The van der Waals surface area contributed by atoms with Crippen molar-refractivity contribution in [2.75, 3.05) is 13.1 Å². The third-order valence-corrected chi connectivity index (χ3v) is 2.41. The molecule has 102 valence electrons. The molecule has 6 nitrogen and oxygen atoms in total. The van der Waals surface area contributed by atoms with E-state index in [1.54, 1.807) is 0 Å². The van der Waals surface area contributed by atoms with Crippen LogP contribution in [0, 0.1) is 5.82 Å². The van der Waals surface area contributed by atoms with Gasteiger partial charge in [-0.2, -0.15) is 0 Å². The number of nitrogens with zero attached hydrogens (tertiary/aromatic N) is 1. The van der Waals surface area contributed by atoms with Crippen molar-refractivity contribution >= 4 is 29.4 Å². The normalized spacial score (nSPS) is 10.0. The lowest BCUT2D eigenvalue weighted by atomic mass is 10.2. The molecule has 0 bridgehead atoms. The molecule has 0 aliphatic rings. The second kappa shape index (κ2) is 6.14. The molecule has 0 aliphatic heterocycles. The van der Waals surface area contributed by atoms with Gasteiger partial charge in [0.05, 0.1) is 10.6 Å². The third-order valence-electron chi connectivity index (χ3n) is 2.12. The first-order valence-corrected chi connectivity index (χ1v) is 5.37. The molecule has 8 heteroatoms. The molecule has 0 spiro atoms. The van der Waals surface area contributed by atoms with Crippen LogP contribution in [0.2, 0.25) is 5.02 Å². The maximum Gasteiger partial charge on any atom is 0.323 e. The number of carboxylic acids is 2. The van der Waals surface area contributed by atoms with Gasteiger partial charge >= 0.3 is 11.9 Å². The predicted octanol–water partition coefficient (Wildman–Crippen LogP) is 1.09. The molecule has 1 aromatic rings. The summed E-state index contributed by atoms with van der Waals surface area (Å²) in [5, 5.41) is 16.9. The van der Waals surface area contributed by atoms with Crippen LogP contribution < -0.4 is 0 Å². The second-order valence-corrected chi connectivity index (χ2v) is 3.96. The van der Waals surface area contributed by atoms with Crippen LogP contribution in [0.15, 0.2) is 18.2 Å². The predicted molar refractivity (Wildman–Crippen MR) is 62.6 cm³/mol. The molecular formula is C11H9ClFNO5. The zero-order valence-corrected chi connectivity index (χ0v) is 10.2. The van der Waals surface area contributed by atoms with Crippen molar-refractivity contribution in [1.29, 1.82) is 0 Å². The van der Waals surface area contributed by atoms with Crippen LogP contribution >= 0.6 is 11.6 Å². The Balaban J connectivity index is 3.07. The first-order valence-electron chi connectivity index (χ1n) is 4.99. The number of carbonyl (C=O) groups is 3. The third kappa shape index (κ3) is 3.92. The molecule has 0 radical (unpaired) electrons. The van der Waals surface area contributed by atoms with Crippen molar-refractivity contribution < 1.29 is 29.0 Å². The van der Waals surface area contributed by atoms with Crippen LogP contribution in [0.4, 0.5) is 4.39 Å². The Hall–Kier alpha value is -2.15. The van der Waals surface area contributed by atoms with E-state index in [2.05, 4.69) is 0 Å². The molecule has 0 aliphatic carbocycles. The summed E-state index contributed by atoms with van der Waals surface area (Å²) in [5.41, 5.74) is -0.477. The minimum atomic E-state index is -1.41. The molecule has 0 fully saturated rings. The molecule has 0 unspecified atom stereocenters. The Bertz CT molecular complexity index is 518. The van der Waals surface area contributed by atoms with Gasteiger partial charge in [0.15, 0.2) is 5.82 Å². The maximum absolute atomic E-state index is 13.6. The van der Waals surface area contributed by atoms with Gasteiger partial charge in [-0.15, -0.1) is 0 Å². The van der Waals surface area contributed by atoms with Crippen molar-refractivity contribution in [3.05, 3.63) is 34.6 Å². The lowest BCUT2D eigenvalue weighted by Crippen LogP contribution is -2.39. The standard InChI is InChI=1S/C11H9ClFNO5/c12-7-3-1-2-6(10(7)13)11(19)14(4-8(15)16)5-9(17)18/h1-3H,4-5H2,(H,15,16)(H,17,18). The van der Waals surface area contributed by atoms with E-state index in [0.717, 1.165) is 6.07 Å². The van der Waals surface area contributed by atoms with E-state index in [0.29, 0.717) is 4.90 Å². The van der Waals surface area contributed by atoms with Gasteiger partial charge in [0.2, 0.25) is 0 Å². The van der Waals surface area contributed by atoms with Gasteiger partial charge < -0.3 is 15.1 Å². The Labute approximate surface area is 112 Å². The second-order valence-electron chi connectivity index (χ2n) is 3.55. The molecule has 19 heavy (non-hydrogen) atoms. The highest BCUT2D eigenvalue weighted by Crippen LogP contribution is 2.19. The number of rotatable bonds is 5. The van der Waals surface area contributed by atoms with Crippen LogP contribution in [-0.4, -0.2) is 46.0 Å². The fraction of sp³-hybridized carbons (Fsp3) is 0.182. The molecule has 1 amide bonds. The highest BCUT2D eigenvalue weighted by atomic mass is 35.5. The lowest BCUT2D eigenvalue weighted by molar-refractivity contribution is -0.140. The van der Waals surface area contributed by atoms with Crippen LogP contribution in [0.1, 0.15) is 10.4 Å². The highest BCUT2D eigenvalue weighted by molar-refractivity contribution is 6.31. The van der Waals surface area contributed by atoms with Gasteiger partial charge in [0.25, 0.3) is 5.91 Å². The van der Waals surface area contributed by atoms with Gasteiger partial charge in [-0.3, -0.25) is 14.4 Å². The molecule has 1 rings (SSSR count). The largest absolute Gasteiger partial charge is 0.480 e. The van der Waals surface area contributed by atoms with Crippen molar-refractivity contribution in [2.45, 2.75) is 0 Å². The van der Waals surface area contributed by atoms with E-state index in [-0.39, 0.29) is 5.02 Å². The van der Waals surface area contributed by atoms with Crippen LogP contribution in [0.3, 0.4) is 0 Å². The zero-order chi connectivity index (χ0) is 14.6. The van der Waals surface area contributed by atoms with Gasteiger partial charge in [0, 0.05) is 0 Å². The van der Waals surface area contributed by atoms with Gasteiger partial charge in [-0.1, -0.05) is 17.7 Å². The number of carboxylic acid groups (broad SMARTS) is 2. The molecule has 0 heterocycles. The quantitative estimate of drug-likeness (QED) is 0.846. The number of aliphatic carboxylic acids is 2. The number of benzene rings is 1. The summed E-state index contributed by atoms with van der Waals surface area (Å²) < 4.78 is 13.6. The average Bonchev–Trinajstić information content (AvgIpc) is 2.30. The molecule has 1 aromatic carbocycles. The SMILES string of the molecule is O=C(O)CN(CC(=O)O)C(=O)c1cccc(Cl)c1F. The number of hydrogen-bond acceptors (Lipinski definition) is 3. The summed E-state index contributed by atoms with van der Waals surface area (Å²) in [6, 6.07) is 3.62. The maximum atomic E-state index is 13.6. The van der Waals surface area contributed by atoms with Crippen molar-refractivity contribution in [3.63, 3.8) is 0 Å². The van der Waals surface area contributed by atoms with Gasteiger partial charge in [0.1, 0.15) is 13.1 Å². The Morgan fingerprint density at radius 2 is 1.68 bits per heavy atom. The van der Waals surface area contributed by atoms with E-state index >= 15 is 0 Å². The van der Waals surface area contributed by atoms with Gasteiger partial charge in [-0.25, -0.2) is 4.39 Å². The minimum absolute atomic E-state index is 0.309. The topological polar surface area (TPSA) is 94.9 Å². The minimum Gasteiger partial charge on any atom is -0.480 e. The van der Waals surface area contributed by atoms with Crippen LogP contribution in [0.25, 0.3) is 0 Å². The van der Waals surface area contributed by atoms with Gasteiger partial charge in [-0.05, 0) is 12.1 Å². The van der Waals surface area contributed by atoms with Crippen LogP contribution in [0.5, 0.6) is 0 Å². The number of carbonyl (C=O) groups excluding carboxylic acids is 1. The monoisotopic (exact) mass is 289 g/mol. The van der Waals surface area contributed by atoms with E-state index in [9.17, 15) is 18.8 Å². The Morgan fingerprint density at radius 1 is 1.16 bits per heavy atom. The lowest BCUT2D eigenvalue weighted by Gasteiger charge is -2.18. The summed E-state index contributed by atoms with van der Waals surface area (Å²) in [6.07, 6.45) is 0. The first kappa shape index (κ1) is 14.9. The molecule has 0 atom stereocenters. The fourth-order valence-corrected chi connectivity index (χ4v) is 1.54. The summed E-state index contributed by atoms with van der Waals surface area (Å²) in [4.78, 5) is 33.5. The summed E-state index contributed by atoms with van der Waals surface area (Å²) >= 11 is 5.50. The van der Waals surface area contributed by atoms with E-state index in [4.69, 9.17) is 21.8 Å². The average molecular weight is 290 g/mol. The zero-order valence-electron chi connectivity index (χ0n) is 9.47. The molecule has 0 saturated heterocycles. The molecular weight excluding hydrogens is 281 g/mol. The first-order chi connectivity index (χ1) is 8.82.